The molecule has 0 fully saturated rings. The number of urea groups is 1. The van der Waals surface area contributed by atoms with E-state index in [1.54, 1.807) is 12.1 Å². The number of nitrogen functional groups attached to an aromatic ring is 1. The maximum atomic E-state index is 13.3. The first-order valence-corrected chi connectivity index (χ1v) is 5.74. The maximum Gasteiger partial charge on any atom is 0.318 e. The smallest absolute Gasteiger partial charge is 0.318 e. The molecule has 0 saturated heterocycles. The predicted molar refractivity (Wildman–Crippen MR) is 63.9 cm³/mol. The van der Waals surface area contributed by atoms with Gasteiger partial charge < -0.3 is 11.5 Å². The van der Waals surface area contributed by atoms with Gasteiger partial charge in [-0.05, 0) is 18.2 Å². The molecule has 5 nitrogen and oxygen atoms in total. The zero-order valence-electron chi connectivity index (χ0n) is 8.90. The van der Waals surface area contributed by atoms with Crippen molar-refractivity contribution in [2.45, 2.75) is 11.3 Å². The molecule has 0 aliphatic rings. The lowest BCUT2D eigenvalue weighted by molar-refractivity contribution is -0.119. The highest BCUT2D eigenvalue weighted by atomic mass is 32.2. The van der Waals surface area contributed by atoms with Crippen LogP contribution in [0.15, 0.2) is 23.1 Å². The fourth-order valence-electron chi connectivity index (χ4n) is 1.09. The summed E-state index contributed by atoms with van der Waals surface area (Å²) < 4.78 is 13.3. The average Bonchev–Trinajstić information content (AvgIpc) is 2.20. The fraction of sp³-hybridized carbons (Fsp3) is 0.200. The summed E-state index contributed by atoms with van der Waals surface area (Å²) >= 11 is 1.17. The molecular formula is C10H12FN3O2S. The van der Waals surface area contributed by atoms with E-state index in [0.717, 1.165) is 0 Å². The number of imide groups is 1. The average molecular weight is 257 g/mol. The quantitative estimate of drug-likeness (QED) is 0.555. The Morgan fingerprint density at radius 3 is 2.71 bits per heavy atom. The Morgan fingerprint density at radius 2 is 2.12 bits per heavy atom. The fourth-order valence-corrected chi connectivity index (χ4v) is 1.96. The van der Waals surface area contributed by atoms with Crippen LogP contribution in [0.25, 0.3) is 0 Å². The van der Waals surface area contributed by atoms with E-state index < -0.39 is 17.8 Å². The molecule has 0 aliphatic heterocycles. The number of rotatable bonds is 4. The molecular weight excluding hydrogens is 245 g/mol. The number of nitrogens with one attached hydrogen (secondary N) is 1. The highest BCUT2D eigenvalue weighted by Gasteiger charge is 2.06. The van der Waals surface area contributed by atoms with Crippen molar-refractivity contribution in [1.82, 2.24) is 5.32 Å². The van der Waals surface area contributed by atoms with E-state index in [1.165, 1.54) is 17.8 Å². The summed E-state index contributed by atoms with van der Waals surface area (Å²) in [6.07, 6.45) is 0.0808. The van der Waals surface area contributed by atoms with Crippen molar-refractivity contribution in [2.24, 2.45) is 5.73 Å². The number of carbonyl (C=O) groups is 2. The van der Waals surface area contributed by atoms with E-state index in [2.05, 4.69) is 0 Å². The number of primary amides is 1. The Morgan fingerprint density at radius 1 is 1.41 bits per heavy atom. The molecule has 3 amide bonds. The van der Waals surface area contributed by atoms with Gasteiger partial charge in [-0.3, -0.25) is 10.1 Å². The maximum absolute atomic E-state index is 13.3. The van der Waals surface area contributed by atoms with Crippen molar-refractivity contribution in [3.05, 3.63) is 24.0 Å². The second-order valence-electron chi connectivity index (χ2n) is 3.20. The highest BCUT2D eigenvalue weighted by Crippen LogP contribution is 2.23. The minimum absolute atomic E-state index is 0.0808. The zero-order chi connectivity index (χ0) is 12.8. The number of amides is 3. The number of hydrogen-bond donors (Lipinski definition) is 3. The van der Waals surface area contributed by atoms with Crippen molar-refractivity contribution >= 4 is 29.4 Å². The van der Waals surface area contributed by atoms with Gasteiger partial charge in [0, 0.05) is 22.8 Å². The summed E-state index contributed by atoms with van der Waals surface area (Å²) in [5.41, 5.74) is 10.5. The predicted octanol–water partition coefficient (Wildman–Crippen LogP) is 1.08. The third kappa shape index (κ3) is 4.73. The summed E-state index contributed by atoms with van der Waals surface area (Å²) in [4.78, 5) is 21.8. The summed E-state index contributed by atoms with van der Waals surface area (Å²) in [5.74, 6) is -0.564. The molecule has 0 heterocycles. The number of halogens is 1. The Balaban J connectivity index is 2.41. The topological polar surface area (TPSA) is 98.2 Å². The molecule has 0 aromatic heterocycles. The third-order valence-electron chi connectivity index (χ3n) is 1.81. The van der Waals surface area contributed by atoms with Crippen LogP contribution in [0.1, 0.15) is 6.42 Å². The van der Waals surface area contributed by atoms with E-state index in [9.17, 15) is 14.0 Å². The standard InChI is InChI=1S/C10H12FN3O2S/c11-7-5-6(12)1-2-8(7)17-4-3-9(15)14-10(13)16/h1-2,5H,3-4,12H2,(H3,13,14,15,16). The molecule has 1 rings (SSSR count). The van der Waals surface area contributed by atoms with Gasteiger partial charge in [0.1, 0.15) is 5.82 Å². The number of thioether (sulfide) groups is 1. The van der Waals surface area contributed by atoms with Gasteiger partial charge in [0.15, 0.2) is 0 Å². The minimum Gasteiger partial charge on any atom is -0.399 e. The normalized spacial score (nSPS) is 9.94. The lowest BCUT2D eigenvalue weighted by Crippen LogP contribution is -2.35. The second-order valence-corrected chi connectivity index (χ2v) is 4.34. The van der Waals surface area contributed by atoms with Crippen LogP contribution in [0.5, 0.6) is 0 Å². The Hall–Kier alpha value is -1.76. The largest absolute Gasteiger partial charge is 0.399 e. The van der Waals surface area contributed by atoms with Gasteiger partial charge >= 0.3 is 6.03 Å². The number of anilines is 1. The molecule has 1 aromatic carbocycles. The summed E-state index contributed by atoms with van der Waals surface area (Å²) in [6, 6.07) is 3.45. The van der Waals surface area contributed by atoms with E-state index in [-0.39, 0.29) is 6.42 Å². The van der Waals surface area contributed by atoms with Crippen molar-refractivity contribution in [3.8, 4) is 0 Å². The molecule has 5 N–H and O–H groups in total. The SMILES string of the molecule is NC(=O)NC(=O)CCSc1ccc(N)cc1F. The van der Waals surface area contributed by atoms with Crippen LogP contribution in [0, 0.1) is 5.82 Å². The molecule has 92 valence electrons. The molecule has 0 aliphatic carbocycles. The molecule has 1 aromatic rings. The monoisotopic (exact) mass is 257 g/mol. The van der Waals surface area contributed by atoms with Crippen molar-refractivity contribution in [3.63, 3.8) is 0 Å². The van der Waals surface area contributed by atoms with E-state index in [1.807, 2.05) is 5.32 Å². The van der Waals surface area contributed by atoms with Gasteiger partial charge in [-0.15, -0.1) is 11.8 Å². The van der Waals surface area contributed by atoms with Crippen LogP contribution in [-0.4, -0.2) is 17.7 Å². The highest BCUT2D eigenvalue weighted by molar-refractivity contribution is 7.99. The van der Waals surface area contributed by atoms with E-state index in [4.69, 9.17) is 11.5 Å². The van der Waals surface area contributed by atoms with Crippen molar-refractivity contribution < 1.29 is 14.0 Å². The number of hydrogen-bond acceptors (Lipinski definition) is 4. The summed E-state index contributed by atoms with van der Waals surface area (Å²) in [5, 5.41) is 1.93. The van der Waals surface area contributed by atoms with Gasteiger partial charge in [0.25, 0.3) is 0 Å². The molecule has 0 bridgehead atoms. The first-order valence-electron chi connectivity index (χ1n) is 4.76. The molecule has 0 atom stereocenters. The van der Waals surface area contributed by atoms with E-state index >= 15 is 0 Å². The third-order valence-corrected chi connectivity index (χ3v) is 2.86. The minimum atomic E-state index is -0.890. The Bertz CT molecular complexity index is 440. The lowest BCUT2D eigenvalue weighted by Gasteiger charge is -2.03. The Kier molecular flexibility index (Phi) is 4.77. The molecule has 0 unspecified atom stereocenters. The molecule has 17 heavy (non-hydrogen) atoms. The first-order chi connectivity index (χ1) is 7.99. The molecule has 0 saturated carbocycles. The van der Waals surface area contributed by atoms with Gasteiger partial charge in [-0.25, -0.2) is 9.18 Å². The van der Waals surface area contributed by atoms with Crippen molar-refractivity contribution in [2.75, 3.05) is 11.5 Å². The first kappa shape index (κ1) is 13.3. The van der Waals surface area contributed by atoms with Crippen LogP contribution in [0.4, 0.5) is 14.9 Å². The summed E-state index contributed by atoms with van der Waals surface area (Å²) in [6.45, 7) is 0. The second kappa shape index (κ2) is 6.09. The number of benzene rings is 1. The molecule has 7 heteroatoms. The van der Waals surface area contributed by atoms with Crippen LogP contribution in [-0.2, 0) is 4.79 Å². The number of nitrogens with two attached hydrogens (primary N) is 2. The van der Waals surface area contributed by atoms with Gasteiger partial charge in [0.05, 0.1) is 0 Å². The molecule has 0 spiro atoms. The zero-order valence-corrected chi connectivity index (χ0v) is 9.72. The van der Waals surface area contributed by atoms with E-state index in [0.29, 0.717) is 16.3 Å². The van der Waals surface area contributed by atoms with Crippen LogP contribution in [0.3, 0.4) is 0 Å². The number of carbonyl (C=O) groups excluding carboxylic acids is 2. The Labute approximate surface area is 102 Å². The van der Waals surface area contributed by atoms with Gasteiger partial charge in [-0.2, -0.15) is 0 Å². The lowest BCUT2D eigenvalue weighted by atomic mass is 10.3. The van der Waals surface area contributed by atoms with Crippen LogP contribution < -0.4 is 16.8 Å². The van der Waals surface area contributed by atoms with Crippen molar-refractivity contribution in [1.29, 1.82) is 0 Å². The molecule has 0 radical (unpaired) electrons. The summed E-state index contributed by atoms with van der Waals surface area (Å²) in [7, 11) is 0. The van der Waals surface area contributed by atoms with Gasteiger partial charge in [0.2, 0.25) is 5.91 Å². The van der Waals surface area contributed by atoms with Crippen LogP contribution in [0.2, 0.25) is 0 Å². The van der Waals surface area contributed by atoms with Gasteiger partial charge in [-0.1, -0.05) is 0 Å². The van der Waals surface area contributed by atoms with Crippen LogP contribution >= 0.6 is 11.8 Å².